The van der Waals surface area contributed by atoms with Gasteiger partial charge in [-0.25, -0.2) is 4.79 Å². The average molecular weight is 400 g/mol. The summed E-state index contributed by atoms with van der Waals surface area (Å²) < 4.78 is 16.6. The molecule has 29 heavy (non-hydrogen) atoms. The molecule has 1 aliphatic carbocycles. The Morgan fingerprint density at radius 2 is 1.90 bits per heavy atom. The second-order valence-corrected chi connectivity index (χ2v) is 8.33. The summed E-state index contributed by atoms with van der Waals surface area (Å²) >= 11 is 0. The Labute approximate surface area is 170 Å². The number of benzene rings is 1. The molecule has 6 nitrogen and oxygen atoms in total. The van der Waals surface area contributed by atoms with Gasteiger partial charge in [0.1, 0.15) is 12.3 Å². The van der Waals surface area contributed by atoms with Crippen LogP contribution in [0.15, 0.2) is 21.3 Å². The predicted octanol–water partition coefficient (Wildman–Crippen LogP) is 2.66. The highest BCUT2D eigenvalue weighted by atomic mass is 16.5. The molecule has 0 bridgehead atoms. The molecule has 0 saturated heterocycles. The van der Waals surface area contributed by atoms with Crippen molar-refractivity contribution in [1.82, 2.24) is 0 Å². The van der Waals surface area contributed by atoms with Crippen LogP contribution in [0.2, 0.25) is 0 Å². The number of ether oxygens (including phenoxy) is 2. The third-order valence-corrected chi connectivity index (χ3v) is 6.56. The van der Waals surface area contributed by atoms with E-state index in [4.69, 9.17) is 13.9 Å². The molecule has 0 amide bonds. The van der Waals surface area contributed by atoms with Crippen LogP contribution in [0.5, 0.6) is 5.75 Å². The fraction of sp³-hybridized carbons (Fsp3) is 0.565. The summed E-state index contributed by atoms with van der Waals surface area (Å²) in [7, 11) is 1.32. The number of rotatable bonds is 3. The molecule has 156 valence electrons. The molecule has 1 atom stereocenters. The van der Waals surface area contributed by atoms with Crippen LogP contribution in [0, 0.1) is 6.92 Å². The topological polar surface area (TPSA) is 70.2 Å². The highest BCUT2D eigenvalue weighted by Crippen LogP contribution is 2.31. The van der Waals surface area contributed by atoms with E-state index in [1.165, 1.54) is 57.0 Å². The Kier molecular flexibility index (Phi) is 5.90. The molecule has 1 fully saturated rings. The Hall–Kier alpha value is -2.34. The van der Waals surface area contributed by atoms with Crippen molar-refractivity contribution in [3.8, 4) is 5.75 Å². The lowest BCUT2D eigenvalue weighted by Crippen LogP contribution is -3.16. The van der Waals surface area contributed by atoms with Crippen LogP contribution in [-0.4, -0.2) is 25.9 Å². The highest BCUT2D eigenvalue weighted by molar-refractivity contribution is 5.87. The number of hydrogen-bond donors (Lipinski definition) is 1. The lowest BCUT2D eigenvalue weighted by Gasteiger charge is -2.33. The first-order valence-electron chi connectivity index (χ1n) is 10.7. The zero-order valence-electron chi connectivity index (χ0n) is 17.3. The number of quaternary nitrogens is 1. The van der Waals surface area contributed by atoms with E-state index < -0.39 is 11.6 Å². The molecule has 1 aliphatic heterocycles. The maximum atomic E-state index is 12.6. The van der Waals surface area contributed by atoms with E-state index in [0.29, 0.717) is 23.9 Å². The Morgan fingerprint density at radius 1 is 1.17 bits per heavy atom. The van der Waals surface area contributed by atoms with Crippen LogP contribution >= 0.6 is 0 Å². The van der Waals surface area contributed by atoms with E-state index in [9.17, 15) is 9.59 Å². The summed E-state index contributed by atoms with van der Waals surface area (Å²) in [5.41, 5.74) is 2.25. The van der Waals surface area contributed by atoms with Gasteiger partial charge in [0.15, 0.2) is 5.58 Å². The van der Waals surface area contributed by atoms with Crippen molar-refractivity contribution in [2.45, 2.75) is 70.9 Å². The van der Waals surface area contributed by atoms with E-state index in [2.05, 4.69) is 0 Å². The van der Waals surface area contributed by atoms with Crippen molar-refractivity contribution in [2.24, 2.45) is 0 Å². The summed E-state index contributed by atoms with van der Waals surface area (Å²) in [4.78, 5) is 25.8. The van der Waals surface area contributed by atoms with Crippen molar-refractivity contribution in [3.05, 3.63) is 39.2 Å². The van der Waals surface area contributed by atoms with Crippen LogP contribution in [-0.2, 0) is 22.5 Å². The third-order valence-electron chi connectivity index (χ3n) is 6.56. The van der Waals surface area contributed by atoms with Crippen LogP contribution in [0.1, 0.15) is 61.6 Å². The van der Waals surface area contributed by atoms with E-state index in [0.717, 1.165) is 28.8 Å². The van der Waals surface area contributed by atoms with E-state index in [1.54, 1.807) is 0 Å². The molecule has 2 aliphatic rings. The first-order valence-corrected chi connectivity index (χ1v) is 10.7. The Bertz CT molecular complexity index is 956. The summed E-state index contributed by atoms with van der Waals surface area (Å²) in [6.07, 6.45) is 8.93. The minimum Gasteiger partial charge on any atom is -0.469 e. The van der Waals surface area contributed by atoms with Gasteiger partial charge < -0.3 is 13.9 Å². The van der Waals surface area contributed by atoms with Gasteiger partial charge in [0.25, 0.3) is 0 Å². The van der Waals surface area contributed by atoms with Crippen molar-refractivity contribution in [3.63, 3.8) is 0 Å². The minimum atomic E-state index is -0.466. The van der Waals surface area contributed by atoms with Crippen molar-refractivity contribution < 1.29 is 23.6 Å². The third kappa shape index (κ3) is 4.04. The van der Waals surface area contributed by atoms with E-state index in [1.807, 2.05) is 19.1 Å². The standard InChI is InChI=1S/C23H29NO5/c1-15-17-10-11-20-19(22(17)29-23(26)18(15)12-21(25)27-2)13-24(14-28-20)16-8-6-4-3-5-7-9-16/h10-11,16H,3-9,12-14H2,1-2H3/p+1. The molecule has 0 spiro atoms. The van der Waals surface area contributed by atoms with Gasteiger partial charge in [0, 0.05) is 5.39 Å². The predicted molar refractivity (Wildman–Crippen MR) is 109 cm³/mol. The zero-order valence-corrected chi connectivity index (χ0v) is 17.3. The first kappa shape index (κ1) is 20.0. The molecule has 2 heterocycles. The number of hydrogen-bond acceptors (Lipinski definition) is 5. The van der Waals surface area contributed by atoms with Gasteiger partial charge in [-0.3, -0.25) is 9.69 Å². The van der Waals surface area contributed by atoms with Crippen LogP contribution in [0.25, 0.3) is 11.0 Å². The van der Waals surface area contributed by atoms with Crippen molar-refractivity contribution in [1.29, 1.82) is 0 Å². The lowest BCUT2D eigenvalue weighted by molar-refractivity contribution is -0.957. The number of nitrogens with one attached hydrogen (secondary N) is 1. The molecule has 4 rings (SSSR count). The summed E-state index contributed by atoms with van der Waals surface area (Å²) in [5.74, 6) is 0.358. The summed E-state index contributed by atoms with van der Waals surface area (Å²) in [6.45, 7) is 3.33. The summed E-state index contributed by atoms with van der Waals surface area (Å²) in [6, 6.07) is 4.47. The van der Waals surface area contributed by atoms with Crippen LogP contribution in [0.4, 0.5) is 0 Å². The average Bonchev–Trinajstić information content (AvgIpc) is 2.70. The molecule has 1 saturated carbocycles. The monoisotopic (exact) mass is 400 g/mol. The SMILES string of the molecule is COC(=O)Cc1c(C)c2ccc3c(c2oc1=O)C[NH+](C1CCCCCCC1)CO3. The smallest absolute Gasteiger partial charge is 0.340 e. The van der Waals surface area contributed by atoms with Gasteiger partial charge in [0.05, 0.1) is 30.7 Å². The number of carbonyl (C=O) groups is 1. The second kappa shape index (κ2) is 8.57. The largest absolute Gasteiger partial charge is 0.469 e. The number of esters is 1. The first-order chi connectivity index (χ1) is 14.1. The molecule has 0 radical (unpaired) electrons. The molecule has 1 unspecified atom stereocenters. The van der Waals surface area contributed by atoms with E-state index >= 15 is 0 Å². The lowest BCUT2D eigenvalue weighted by atomic mass is 9.94. The molecule has 1 aromatic heterocycles. The zero-order chi connectivity index (χ0) is 20.4. The molecule has 1 N–H and O–H groups in total. The quantitative estimate of drug-likeness (QED) is 0.634. The van der Waals surface area contributed by atoms with Crippen LogP contribution in [0.3, 0.4) is 0 Å². The number of methoxy groups -OCH3 is 1. The summed E-state index contributed by atoms with van der Waals surface area (Å²) in [5, 5.41) is 0.866. The van der Waals surface area contributed by atoms with Gasteiger partial charge in [-0.1, -0.05) is 19.3 Å². The fourth-order valence-corrected chi connectivity index (χ4v) is 4.79. The second-order valence-electron chi connectivity index (χ2n) is 8.33. The number of aryl methyl sites for hydroxylation is 1. The van der Waals surface area contributed by atoms with Gasteiger partial charge in [-0.15, -0.1) is 0 Å². The molecule has 1 aromatic carbocycles. The molecule has 6 heteroatoms. The van der Waals surface area contributed by atoms with Gasteiger partial charge in [-0.2, -0.15) is 0 Å². The van der Waals surface area contributed by atoms with Gasteiger partial charge >= 0.3 is 11.6 Å². The van der Waals surface area contributed by atoms with Gasteiger partial charge in [0.2, 0.25) is 6.73 Å². The Balaban J connectivity index is 1.69. The minimum absolute atomic E-state index is 0.0758. The Morgan fingerprint density at radius 3 is 2.62 bits per heavy atom. The maximum absolute atomic E-state index is 12.6. The molecular weight excluding hydrogens is 370 g/mol. The fourth-order valence-electron chi connectivity index (χ4n) is 4.79. The highest BCUT2D eigenvalue weighted by Gasteiger charge is 2.31. The normalized spacial score (nSPS) is 20.4. The number of fused-ring (bicyclic) bond motifs is 3. The molecule has 2 aromatic rings. The molecular formula is C23H30NO5+. The van der Waals surface area contributed by atoms with Crippen molar-refractivity contribution in [2.75, 3.05) is 13.8 Å². The van der Waals surface area contributed by atoms with Crippen molar-refractivity contribution >= 4 is 16.9 Å². The maximum Gasteiger partial charge on any atom is 0.340 e. The van der Waals surface area contributed by atoms with Crippen LogP contribution < -0.4 is 15.3 Å². The number of carbonyl (C=O) groups excluding carboxylic acids is 1. The van der Waals surface area contributed by atoms with Gasteiger partial charge in [-0.05, 0) is 50.3 Å². The van der Waals surface area contributed by atoms with E-state index in [-0.39, 0.29) is 6.42 Å².